The minimum atomic E-state index is -0.577. The molecule has 0 radical (unpaired) electrons. The Morgan fingerprint density at radius 1 is 1.14 bits per heavy atom. The van der Waals surface area contributed by atoms with E-state index in [0.29, 0.717) is 24.7 Å². The zero-order valence-electron chi connectivity index (χ0n) is 20.9. The van der Waals surface area contributed by atoms with Crippen LogP contribution in [0.1, 0.15) is 70.0 Å². The van der Waals surface area contributed by atoms with Gasteiger partial charge in [0.25, 0.3) is 0 Å². The van der Waals surface area contributed by atoms with Gasteiger partial charge in [-0.15, -0.1) is 0 Å². The minimum absolute atomic E-state index is 0.000624. The number of nitrogens with zero attached hydrogens (tertiary/aromatic N) is 5. The standard InChI is InChI=1S/C26H33N5O3S/c1-26(2,3)34-25(33)29-14-13-21(19-11-7-8-12-20(19)29)30-16-17-15-27-23(35-4)28-22(17)31(24(30)32)18-9-5-6-10-18/h7-8,11-12,15,18,21H,5-6,9-10,13-14,16H2,1-4H3. The molecule has 2 aliphatic heterocycles. The number of carbonyl (C=O) groups excluding carboxylic acids is 2. The molecule has 186 valence electrons. The Morgan fingerprint density at radius 3 is 2.60 bits per heavy atom. The van der Waals surface area contributed by atoms with Gasteiger partial charge in [0, 0.05) is 24.3 Å². The Balaban J connectivity index is 1.50. The normalized spacial score (nSPS) is 20.6. The summed E-state index contributed by atoms with van der Waals surface area (Å²) in [7, 11) is 0. The van der Waals surface area contributed by atoms with Crippen molar-refractivity contribution in [1.82, 2.24) is 14.9 Å². The third-order valence-electron chi connectivity index (χ3n) is 6.92. The quantitative estimate of drug-likeness (QED) is 0.397. The van der Waals surface area contributed by atoms with Crippen molar-refractivity contribution in [3.05, 3.63) is 41.6 Å². The van der Waals surface area contributed by atoms with Crippen molar-refractivity contribution in [2.24, 2.45) is 0 Å². The van der Waals surface area contributed by atoms with Crippen LogP contribution in [0.2, 0.25) is 0 Å². The summed E-state index contributed by atoms with van der Waals surface area (Å²) >= 11 is 1.49. The fourth-order valence-electron chi connectivity index (χ4n) is 5.39. The lowest BCUT2D eigenvalue weighted by Crippen LogP contribution is -2.54. The highest BCUT2D eigenvalue weighted by molar-refractivity contribution is 7.98. The molecule has 0 bridgehead atoms. The molecule has 1 fully saturated rings. The topological polar surface area (TPSA) is 78.9 Å². The molecule has 5 rings (SSSR count). The van der Waals surface area contributed by atoms with Crippen molar-refractivity contribution in [3.8, 4) is 0 Å². The summed E-state index contributed by atoms with van der Waals surface area (Å²) in [5.41, 5.74) is 2.17. The second-order valence-electron chi connectivity index (χ2n) is 10.4. The zero-order valence-corrected chi connectivity index (χ0v) is 21.7. The predicted molar refractivity (Wildman–Crippen MR) is 137 cm³/mol. The number of ether oxygens (including phenoxy) is 1. The average molecular weight is 496 g/mol. The van der Waals surface area contributed by atoms with Gasteiger partial charge in [0.15, 0.2) is 5.16 Å². The maximum Gasteiger partial charge on any atom is 0.414 e. The number of hydrogen-bond acceptors (Lipinski definition) is 6. The van der Waals surface area contributed by atoms with E-state index in [4.69, 9.17) is 9.72 Å². The van der Waals surface area contributed by atoms with Gasteiger partial charge in [0.05, 0.1) is 18.3 Å². The number of hydrogen-bond donors (Lipinski definition) is 0. The van der Waals surface area contributed by atoms with E-state index in [0.717, 1.165) is 48.3 Å². The van der Waals surface area contributed by atoms with Crippen LogP contribution in [0.5, 0.6) is 0 Å². The summed E-state index contributed by atoms with van der Waals surface area (Å²) in [5, 5.41) is 0.684. The molecule has 0 spiro atoms. The fraction of sp³-hybridized carbons (Fsp3) is 0.538. The second kappa shape index (κ2) is 9.33. The molecule has 3 heterocycles. The number of fused-ring (bicyclic) bond motifs is 2. The molecule has 1 aromatic carbocycles. The molecule has 8 nitrogen and oxygen atoms in total. The summed E-state index contributed by atoms with van der Waals surface area (Å²) in [6.45, 7) is 6.55. The maximum absolute atomic E-state index is 14.1. The van der Waals surface area contributed by atoms with Gasteiger partial charge in [0.2, 0.25) is 0 Å². The van der Waals surface area contributed by atoms with Crippen LogP contribution in [0.25, 0.3) is 0 Å². The van der Waals surface area contributed by atoms with E-state index < -0.39 is 5.60 Å². The van der Waals surface area contributed by atoms with Crippen molar-refractivity contribution in [2.75, 3.05) is 22.6 Å². The van der Waals surface area contributed by atoms with Crippen molar-refractivity contribution < 1.29 is 14.3 Å². The average Bonchev–Trinajstić information content (AvgIpc) is 3.36. The molecular weight excluding hydrogens is 462 g/mol. The highest BCUT2D eigenvalue weighted by Crippen LogP contribution is 2.43. The van der Waals surface area contributed by atoms with Gasteiger partial charge in [-0.1, -0.05) is 42.8 Å². The van der Waals surface area contributed by atoms with E-state index >= 15 is 0 Å². The molecule has 9 heteroatoms. The lowest BCUT2D eigenvalue weighted by molar-refractivity contribution is 0.0572. The first kappa shape index (κ1) is 23.9. The maximum atomic E-state index is 14.1. The van der Waals surface area contributed by atoms with E-state index in [1.54, 1.807) is 4.90 Å². The van der Waals surface area contributed by atoms with E-state index in [9.17, 15) is 9.59 Å². The summed E-state index contributed by atoms with van der Waals surface area (Å²) < 4.78 is 5.67. The van der Waals surface area contributed by atoms with Crippen molar-refractivity contribution in [3.63, 3.8) is 0 Å². The highest BCUT2D eigenvalue weighted by atomic mass is 32.2. The summed E-state index contributed by atoms with van der Waals surface area (Å²) in [4.78, 5) is 41.9. The molecule has 3 aliphatic rings. The number of aromatic nitrogens is 2. The third-order valence-corrected chi connectivity index (χ3v) is 7.48. The lowest BCUT2D eigenvalue weighted by Gasteiger charge is -2.45. The Bertz CT molecular complexity index is 1130. The largest absolute Gasteiger partial charge is 0.443 e. The molecule has 3 amide bonds. The fourth-order valence-corrected chi connectivity index (χ4v) is 5.72. The van der Waals surface area contributed by atoms with Crippen LogP contribution in [-0.2, 0) is 11.3 Å². The van der Waals surface area contributed by atoms with E-state index in [2.05, 4.69) is 4.98 Å². The van der Waals surface area contributed by atoms with Gasteiger partial charge >= 0.3 is 12.1 Å². The van der Waals surface area contributed by atoms with Crippen LogP contribution in [0.4, 0.5) is 21.1 Å². The number of benzene rings is 1. The molecule has 0 N–H and O–H groups in total. The molecular formula is C26H33N5O3S. The van der Waals surface area contributed by atoms with Crippen LogP contribution in [0.15, 0.2) is 35.6 Å². The lowest BCUT2D eigenvalue weighted by atomic mass is 9.94. The highest BCUT2D eigenvalue weighted by Gasteiger charge is 2.43. The minimum Gasteiger partial charge on any atom is -0.443 e. The Hall–Kier alpha value is -2.81. The van der Waals surface area contributed by atoms with E-state index in [1.165, 1.54) is 11.8 Å². The number of urea groups is 1. The molecule has 2 aromatic rings. The van der Waals surface area contributed by atoms with Gasteiger partial charge in [-0.3, -0.25) is 9.80 Å². The first-order valence-electron chi connectivity index (χ1n) is 12.4. The predicted octanol–water partition coefficient (Wildman–Crippen LogP) is 5.77. The number of amides is 3. The van der Waals surface area contributed by atoms with Crippen LogP contribution in [0.3, 0.4) is 0 Å². The first-order valence-corrected chi connectivity index (χ1v) is 13.6. The van der Waals surface area contributed by atoms with Gasteiger partial charge in [-0.2, -0.15) is 0 Å². The van der Waals surface area contributed by atoms with Crippen molar-refractivity contribution in [1.29, 1.82) is 0 Å². The molecule has 1 atom stereocenters. The van der Waals surface area contributed by atoms with Gasteiger partial charge in [0.1, 0.15) is 11.4 Å². The molecule has 0 saturated heterocycles. The van der Waals surface area contributed by atoms with Crippen LogP contribution >= 0.6 is 11.8 Å². The SMILES string of the molecule is CSc1ncc2c(n1)N(C1CCCC1)C(=O)N(C1CCN(C(=O)OC(C)(C)C)c3ccccc31)C2. The summed E-state index contributed by atoms with van der Waals surface area (Å²) in [5.74, 6) is 0.761. The van der Waals surface area contributed by atoms with Crippen molar-refractivity contribution >= 4 is 35.4 Å². The van der Waals surface area contributed by atoms with Gasteiger partial charge in [-0.25, -0.2) is 19.6 Å². The summed E-state index contributed by atoms with van der Waals surface area (Å²) in [6.07, 6.45) is 8.34. The molecule has 1 aliphatic carbocycles. The monoisotopic (exact) mass is 495 g/mol. The van der Waals surface area contributed by atoms with Gasteiger partial charge < -0.3 is 9.64 Å². The Kier molecular flexibility index (Phi) is 6.38. The number of thioether (sulfide) groups is 1. The first-order chi connectivity index (χ1) is 16.8. The number of anilines is 2. The third kappa shape index (κ3) is 4.58. The van der Waals surface area contributed by atoms with E-state index in [1.807, 2.05) is 67.3 Å². The van der Waals surface area contributed by atoms with Gasteiger partial charge in [-0.05, 0) is 57.9 Å². The molecule has 35 heavy (non-hydrogen) atoms. The van der Waals surface area contributed by atoms with E-state index in [-0.39, 0.29) is 24.2 Å². The smallest absolute Gasteiger partial charge is 0.414 e. The number of rotatable bonds is 3. The van der Waals surface area contributed by atoms with Crippen molar-refractivity contribution in [2.45, 2.75) is 82.3 Å². The zero-order chi connectivity index (χ0) is 24.7. The summed E-state index contributed by atoms with van der Waals surface area (Å²) in [6, 6.07) is 7.87. The van der Waals surface area contributed by atoms with Crippen LogP contribution < -0.4 is 9.80 Å². The number of carbonyl (C=O) groups is 2. The molecule has 1 aromatic heterocycles. The number of para-hydroxylation sites is 1. The second-order valence-corrected chi connectivity index (χ2v) is 11.2. The molecule has 1 saturated carbocycles. The molecule has 1 unspecified atom stereocenters. The Morgan fingerprint density at radius 2 is 1.89 bits per heavy atom. The van der Waals surface area contributed by atoms with Crippen LogP contribution in [0, 0.1) is 0 Å². The van der Waals surface area contributed by atoms with Crippen LogP contribution in [-0.4, -0.2) is 51.4 Å². The Labute approximate surface area is 211 Å².